The molecule has 1 aromatic carbocycles. The van der Waals surface area contributed by atoms with Crippen molar-refractivity contribution in [3.05, 3.63) is 48.3 Å². The van der Waals surface area contributed by atoms with Crippen molar-refractivity contribution in [1.29, 1.82) is 0 Å². The maximum atomic E-state index is 12.5. The van der Waals surface area contributed by atoms with E-state index in [4.69, 9.17) is 0 Å². The fraction of sp³-hybridized carbons (Fsp3) is 0.333. The third kappa shape index (κ3) is 2.44. The van der Waals surface area contributed by atoms with E-state index in [1.54, 1.807) is 17.1 Å². The van der Waals surface area contributed by atoms with E-state index in [1.165, 1.54) is 0 Å². The molecule has 1 amide bonds. The molecular weight excluding hydrogens is 252 g/mol. The molecule has 3 rings (SSSR count). The predicted octanol–water partition coefficient (Wildman–Crippen LogP) is 1.31. The molecule has 1 saturated heterocycles. The van der Waals surface area contributed by atoms with Gasteiger partial charge in [-0.05, 0) is 19.1 Å². The molecule has 20 heavy (non-hydrogen) atoms. The van der Waals surface area contributed by atoms with Crippen LogP contribution in [0, 0.1) is 0 Å². The van der Waals surface area contributed by atoms with E-state index in [-0.39, 0.29) is 11.9 Å². The van der Waals surface area contributed by atoms with E-state index in [0.717, 1.165) is 25.3 Å². The van der Waals surface area contributed by atoms with Gasteiger partial charge < -0.3 is 10.2 Å². The molecule has 0 bridgehead atoms. The lowest BCUT2D eigenvalue weighted by Gasteiger charge is -2.33. The number of para-hydroxylation sites is 1. The van der Waals surface area contributed by atoms with Gasteiger partial charge in [-0.25, -0.2) is 4.68 Å². The Kier molecular flexibility index (Phi) is 3.52. The first-order chi connectivity index (χ1) is 9.75. The molecule has 0 radical (unpaired) electrons. The predicted molar refractivity (Wildman–Crippen MR) is 76.9 cm³/mol. The molecule has 1 aliphatic heterocycles. The lowest BCUT2D eigenvalue weighted by atomic mass is 10.2. The number of carbonyl (C=O) groups is 1. The number of hydrogen-bond acceptors (Lipinski definition) is 3. The number of aromatic nitrogens is 2. The van der Waals surface area contributed by atoms with Gasteiger partial charge in [-0.3, -0.25) is 4.79 Å². The number of benzene rings is 1. The summed E-state index contributed by atoms with van der Waals surface area (Å²) in [7, 11) is 0. The molecule has 0 aliphatic carbocycles. The van der Waals surface area contributed by atoms with Crippen molar-refractivity contribution in [3.63, 3.8) is 0 Å². The minimum atomic E-state index is 0.0566. The molecule has 104 valence electrons. The van der Waals surface area contributed by atoms with Gasteiger partial charge in [0, 0.05) is 31.9 Å². The summed E-state index contributed by atoms with van der Waals surface area (Å²) in [5.41, 5.74) is 1.60. The van der Waals surface area contributed by atoms with Crippen molar-refractivity contribution in [1.82, 2.24) is 20.0 Å². The smallest absolute Gasteiger partial charge is 0.257 e. The summed E-state index contributed by atoms with van der Waals surface area (Å²) in [5.74, 6) is 0.0566. The standard InChI is InChI=1S/C15H18N4O/c1-12-9-16-7-8-18(12)15(20)13-10-17-19(11-13)14-5-3-2-4-6-14/h2-6,10-12,16H,7-9H2,1H3/t12-/m0/s1. The lowest BCUT2D eigenvalue weighted by molar-refractivity contribution is 0.0656. The van der Waals surface area contributed by atoms with Crippen LogP contribution in [0.3, 0.4) is 0 Å². The summed E-state index contributed by atoms with van der Waals surface area (Å²) in [6.07, 6.45) is 3.44. The number of nitrogens with one attached hydrogen (secondary N) is 1. The van der Waals surface area contributed by atoms with E-state index in [0.29, 0.717) is 5.56 Å². The Morgan fingerprint density at radius 1 is 1.35 bits per heavy atom. The van der Waals surface area contributed by atoms with E-state index in [9.17, 15) is 4.79 Å². The number of hydrogen-bond donors (Lipinski definition) is 1. The van der Waals surface area contributed by atoms with Crippen LogP contribution in [0.4, 0.5) is 0 Å². The van der Waals surface area contributed by atoms with Crippen LogP contribution in [0.15, 0.2) is 42.7 Å². The summed E-state index contributed by atoms with van der Waals surface area (Å²) in [6, 6.07) is 10.0. The van der Waals surface area contributed by atoms with Crippen molar-refractivity contribution in [2.45, 2.75) is 13.0 Å². The van der Waals surface area contributed by atoms with E-state index in [1.807, 2.05) is 35.2 Å². The second-order valence-corrected chi connectivity index (χ2v) is 5.06. The quantitative estimate of drug-likeness (QED) is 0.895. The number of carbonyl (C=O) groups excluding carboxylic acids is 1. The molecule has 1 atom stereocenters. The van der Waals surface area contributed by atoms with Gasteiger partial charge in [-0.2, -0.15) is 5.10 Å². The Balaban J connectivity index is 1.81. The summed E-state index contributed by atoms with van der Waals surface area (Å²) in [6.45, 7) is 4.50. The van der Waals surface area contributed by atoms with Crippen LogP contribution >= 0.6 is 0 Å². The molecule has 2 aromatic rings. The first kappa shape index (κ1) is 12.9. The van der Waals surface area contributed by atoms with Crippen molar-refractivity contribution < 1.29 is 4.79 Å². The van der Waals surface area contributed by atoms with Crippen molar-refractivity contribution in [2.75, 3.05) is 19.6 Å². The van der Waals surface area contributed by atoms with Gasteiger partial charge in [-0.1, -0.05) is 18.2 Å². The molecular formula is C15H18N4O. The maximum absolute atomic E-state index is 12.5. The second kappa shape index (κ2) is 5.46. The SMILES string of the molecule is C[C@H]1CNCCN1C(=O)c1cnn(-c2ccccc2)c1. The molecule has 1 aromatic heterocycles. The summed E-state index contributed by atoms with van der Waals surface area (Å²) >= 11 is 0. The van der Waals surface area contributed by atoms with Gasteiger partial charge in [0.1, 0.15) is 0 Å². The minimum absolute atomic E-state index is 0.0566. The highest BCUT2D eigenvalue weighted by atomic mass is 16.2. The monoisotopic (exact) mass is 270 g/mol. The van der Waals surface area contributed by atoms with Crippen LogP contribution in [-0.4, -0.2) is 46.3 Å². The average Bonchev–Trinajstić information content (AvgIpc) is 2.98. The lowest BCUT2D eigenvalue weighted by Crippen LogP contribution is -2.52. The van der Waals surface area contributed by atoms with E-state index >= 15 is 0 Å². The van der Waals surface area contributed by atoms with Gasteiger partial charge in [0.05, 0.1) is 17.4 Å². The third-order valence-corrected chi connectivity index (χ3v) is 3.61. The fourth-order valence-electron chi connectivity index (χ4n) is 2.46. The zero-order valence-electron chi connectivity index (χ0n) is 11.5. The zero-order chi connectivity index (χ0) is 13.9. The molecule has 1 aliphatic rings. The largest absolute Gasteiger partial charge is 0.333 e. The Hall–Kier alpha value is -2.14. The van der Waals surface area contributed by atoms with Crippen LogP contribution in [0.2, 0.25) is 0 Å². The number of nitrogens with zero attached hydrogens (tertiary/aromatic N) is 3. The first-order valence-electron chi connectivity index (χ1n) is 6.87. The van der Waals surface area contributed by atoms with Gasteiger partial charge in [0.15, 0.2) is 0 Å². The third-order valence-electron chi connectivity index (χ3n) is 3.61. The van der Waals surface area contributed by atoms with Crippen molar-refractivity contribution >= 4 is 5.91 Å². The molecule has 5 nitrogen and oxygen atoms in total. The Morgan fingerprint density at radius 2 is 2.15 bits per heavy atom. The number of amides is 1. The summed E-state index contributed by atoms with van der Waals surface area (Å²) in [5, 5.41) is 7.57. The van der Waals surface area contributed by atoms with Crippen molar-refractivity contribution in [3.8, 4) is 5.69 Å². The maximum Gasteiger partial charge on any atom is 0.257 e. The average molecular weight is 270 g/mol. The Labute approximate surface area is 118 Å². The molecule has 1 N–H and O–H groups in total. The van der Waals surface area contributed by atoms with Crippen molar-refractivity contribution in [2.24, 2.45) is 0 Å². The van der Waals surface area contributed by atoms with Crippen LogP contribution in [0.5, 0.6) is 0 Å². The number of rotatable bonds is 2. The highest BCUT2D eigenvalue weighted by Crippen LogP contribution is 2.12. The zero-order valence-corrected chi connectivity index (χ0v) is 11.5. The summed E-state index contributed by atoms with van der Waals surface area (Å²) < 4.78 is 1.74. The molecule has 0 spiro atoms. The van der Waals surface area contributed by atoms with Crippen LogP contribution in [0.1, 0.15) is 17.3 Å². The molecule has 5 heteroatoms. The van der Waals surface area contributed by atoms with Gasteiger partial charge >= 0.3 is 0 Å². The minimum Gasteiger partial charge on any atom is -0.333 e. The normalized spacial score (nSPS) is 19.1. The highest BCUT2D eigenvalue weighted by Gasteiger charge is 2.24. The Bertz CT molecular complexity index is 593. The van der Waals surface area contributed by atoms with Crippen LogP contribution in [-0.2, 0) is 0 Å². The molecule has 2 heterocycles. The Morgan fingerprint density at radius 3 is 2.90 bits per heavy atom. The summed E-state index contributed by atoms with van der Waals surface area (Å²) in [4.78, 5) is 14.4. The molecule has 0 unspecified atom stereocenters. The first-order valence-corrected chi connectivity index (χ1v) is 6.87. The molecule has 1 fully saturated rings. The second-order valence-electron chi connectivity index (χ2n) is 5.06. The highest BCUT2D eigenvalue weighted by molar-refractivity contribution is 5.94. The topological polar surface area (TPSA) is 50.2 Å². The number of piperazine rings is 1. The van der Waals surface area contributed by atoms with Gasteiger partial charge in [0.2, 0.25) is 0 Å². The van der Waals surface area contributed by atoms with Crippen LogP contribution in [0.25, 0.3) is 5.69 Å². The fourth-order valence-corrected chi connectivity index (χ4v) is 2.46. The van der Waals surface area contributed by atoms with Gasteiger partial charge in [0.25, 0.3) is 5.91 Å². The molecule has 0 saturated carbocycles. The van der Waals surface area contributed by atoms with E-state index < -0.39 is 0 Å². The van der Waals surface area contributed by atoms with E-state index in [2.05, 4.69) is 17.3 Å². The van der Waals surface area contributed by atoms with Crippen LogP contribution < -0.4 is 5.32 Å². The van der Waals surface area contributed by atoms with Gasteiger partial charge in [-0.15, -0.1) is 0 Å².